The highest BCUT2D eigenvalue weighted by Crippen LogP contribution is 2.36. The lowest BCUT2D eigenvalue weighted by Crippen LogP contribution is -2.55. The Morgan fingerprint density at radius 3 is 2.00 bits per heavy atom. The molecule has 0 saturated carbocycles. The Morgan fingerprint density at radius 1 is 0.974 bits per heavy atom. The molecule has 1 aromatic rings. The van der Waals surface area contributed by atoms with E-state index in [0.29, 0.717) is 24.5 Å². The largest absolute Gasteiger partial charge is 0.462 e. The van der Waals surface area contributed by atoms with E-state index in [1.807, 2.05) is 13.8 Å². The predicted molar refractivity (Wildman–Crippen MR) is 152 cm³/mol. The van der Waals surface area contributed by atoms with Gasteiger partial charge >= 0.3 is 5.97 Å². The number of rotatable bonds is 13. The van der Waals surface area contributed by atoms with Crippen LogP contribution in [0, 0.1) is 0 Å². The van der Waals surface area contributed by atoms with Crippen molar-refractivity contribution >= 4 is 43.7 Å². The Labute approximate surface area is 229 Å². The molecule has 10 nitrogen and oxygen atoms in total. The van der Waals surface area contributed by atoms with Crippen LogP contribution < -0.4 is 0 Å². The van der Waals surface area contributed by atoms with Crippen LogP contribution in [0.3, 0.4) is 0 Å². The molecule has 1 amide bonds. The van der Waals surface area contributed by atoms with Crippen molar-refractivity contribution in [2.75, 3.05) is 32.6 Å². The van der Waals surface area contributed by atoms with Gasteiger partial charge in [-0.1, -0.05) is 39.3 Å². The SMILES string of the molecule is CCOC(=O)C1=CCN(C(OCC)[Si](C)(C)C)C(=O)c2c1cc(COS(C)(=O)=O)n2C(OCC)[Si](C)(C)C. The highest BCUT2D eigenvalue weighted by atomic mass is 32.2. The van der Waals surface area contributed by atoms with Crippen molar-refractivity contribution in [1.82, 2.24) is 9.47 Å². The zero-order valence-corrected chi connectivity index (χ0v) is 27.2. The molecule has 1 aliphatic rings. The molecule has 13 heteroatoms. The minimum atomic E-state index is -3.78. The number of amides is 1. The standard InChI is InChI=1S/C25H44N2O8SSi2/c1-11-32-23(29)19-14-15-26(24(33-12-2)37(5,6)7)22(28)21-20(19)16-18(17-35-36(4,30)31)27(21)25(34-13-3)38(8,9)10/h14,16,24-25H,11-13,15,17H2,1-10H3. The maximum atomic E-state index is 14.5. The van der Waals surface area contributed by atoms with Crippen LogP contribution in [-0.4, -0.2) is 84.4 Å². The van der Waals surface area contributed by atoms with E-state index in [2.05, 4.69) is 39.3 Å². The summed E-state index contributed by atoms with van der Waals surface area (Å²) in [5.74, 6) is -1.86. The fraction of sp³-hybridized carbons (Fsp3) is 0.680. The number of nitrogens with zero attached hydrogens (tertiary/aromatic N) is 2. The van der Waals surface area contributed by atoms with E-state index < -0.39 is 43.9 Å². The van der Waals surface area contributed by atoms with Gasteiger partial charge in [0.25, 0.3) is 16.0 Å². The van der Waals surface area contributed by atoms with Crippen molar-refractivity contribution in [3.63, 3.8) is 0 Å². The third kappa shape index (κ3) is 7.66. The van der Waals surface area contributed by atoms with Crippen molar-refractivity contribution in [3.8, 4) is 0 Å². The van der Waals surface area contributed by atoms with Gasteiger partial charge in [0.05, 0.1) is 18.4 Å². The smallest absolute Gasteiger partial charge is 0.338 e. The van der Waals surface area contributed by atoms with Gasteiger partial charge in [-0.25, -0.2) is 4.79 Å². The van der Waals surface area contributed by atoms with Gasteiger partial charge in [0.15, 0.2) is 0 Å². The Bertz CT molecular complexity index is 1150. The zero-order chi connectivity index (χ0) is 29.1. The van der Waals surface area contributed by atoms with Gasteiger partial charge in [0.2, 0.25) is 0 Å². The number of carbonyl (C=O) groups excluding carboxylic acids is 2. The second kappa shape index (κ2) is 12.6. The molecule has 2 heterocycles. The molecule has 2 unspecified atom stereocenters. The molecule has 0 bridgehead atoms. The van der Waals surface area contributed by atoms with E-state index >= 15 is 0 Å². The summed E-state index contributed by atoms with van der Waals surface area (Å²) in [5.41, 5.74) is 1.29. The molecule has 2 atom stereocenters. The number of hydrogen-bond acceptors (Lipinski definition) is 8. The molecule has 38 heavy (non-hydrogen) atoms. The second-order valence-corrected chi connectivity index (χ2v) is 23.5. The van der Waals surface area contributed by atoms with Crippen LogP contribution in [0.1, 0.15) is 48.4 Å². The van der Waals surface area contributed by atoms with E-state index in [1.54, 1.807) is 28.5 Å². The minimum Gasteiger partial charge on any atom is -0.462 e. The fourth-order valence-corrected chi connectivity index (χ4v) is 8.40. The summed E-state index contributed by atoms with van der Waals surface area (Å²) in [6.45, 7) is 19.0. The highest BCUT2D eigenvalue weighted by Gasteiger charge is 2.43. The normalized spacial score (nSPS) is 16.5. The van der Waals surface area contributed by atoms with Crippen LogP contribution in [0.15, 0.2) is 12.1 Å². The van der Waals surface area contributed by atoms with E-state index in [4.69, 9.17) is 18.4 Å². The highest BCUT2D eigenvalue weighted by molar-refractivity contribution is 7.85. The fourth-order valence-electron chi connectivity index (χ4n) is 4.51. The van der Waals surface area contributed by atoms with Crippen molar-refractivity contribution in [2.45, 2.75) is 78.4 Å². The van der Waals surface area contributed by atoms with Crippen molar-refractivity contribution in [2.24, 2.45) is 0 Å². The molecule has 1 aliphatic heterocycles. The van der Waals surface area contributed by atoms with E-state index in [-0.39, 0.29) is 36.9 Å². The molecule has 0 aliphatic carbocycles. The zero-order valence-electron chi connectivity index (χ0n) is 24.4. The maximum Gasteiger partial charge on any atom is 0.338 e. The van der Waals surface area contributed by atoms with Gasteiger partial charge in [-0.15, -0.1) is 0 Å². The predicted octanol–water partition coefficient (Wildman–Crippen LogP) is 4.02. The molecule has 0 radical (unpaired) electrons. The third-order valence-electron chi connectivity index (χ3n) is 5.93. The van der Waals surface area contributed by atoms with Crippen LogP contribution >= 0.6 is 0 Å². The van der Waals surface area contributed by atoms with Gasteiger partial charge in [0.1, 0.15) is 40.2 Å². The van der Waals surface area contributed by atoms with Gasteiger partial charge in [-0.2, -0.15) is 8.42 Å². The van der Waals surface area contributed by atoms with Gasteiger partial charge in [0, 0.05) is 31.0 Å². The first kappa shape index (κ1) is 32.4. The number of carbonyl (C=O) groups is 2. The van der Waals surface area contributed by atoms with Gasteiger partial charge in [-0.3, -0.25) is 8.98 Å². The molecular weight excluding hydrogens is 545 g/mol. The molecule has 0 aromatic carbocycles. The Morgan fingerprint density at radius 2 is 1.53 bits per heavy atom. The topological polar surface area (TPSA) is 113 Å². The molecule has 216 valence electrons. The van der Waals surface area contributed by atoms with Crippen LogP contribution in [0.2, 0.25) is 39.3 Å². The lowest BCUT2D eigenvalue weighted by molar-refractivity contribution is -0.136. The van der Waals surface area contributed by atoms with Crippen LogP contribution in [-0.2, 0) is 39.9 Å². The van der Waals surface area contributed by atoms with Gasteiger partial charge in [-0.05, 0) is 32.9 Å². The molecule has 2 rings (SSSR count). The summed E-state index contributed by atoms with van der Waals surface area (Å²) >= 11 is 0. The summed E-state index contributed by atoms with van der Waals surface area (Å²) in [7, 11) is -8.04. The summed E-state index contributed by atoms with van der Waals surface area (Å²) in [6.07, 6.45) is 2.67. The minimum absolute atomic E-state index is 0.165. The quantitative estimate of drug-likeness (QED) is 0.193. The number of esters is 1. The molecule has 0 spiro atoms. The Balaban J connectivity index is 2.95. The van der Waals surface area contributed by atoms with Crippen molar-refractivity contribution in [3.05, 3.63) is 29.1 Å². The average Bonchev–Trinajstić information content (AvgIpc) is 3.07. The van der Waals surface area contributed by atoms with Crippen LogP contribution in [0.4, 0.5) is 0 Å². The second-order valence-electron chi connectivity index (χ2n) is 11.4. The molecule has 1 aromatic heterocycles. The monoisotopic (exact) mass is 588 g/mol. The Hall–Kier alpha value is -1.78. The van der Waals surface area contributed by atoms with Crippen molar-refractivity contribution < 1.29 is 36.4 Å². The number of hydrogen-bond donors (Lipinski definition) is 0. The van der Waals surface area contributed by atoms with Crippen molar-refractivity contribution in [1.29, 1.82) is 0 Å². The Kier molecular flexibility index (Phi) is 10.8. The maximum absolute atomic E-state index is 14.5. The van der Waals surface area contributed by atoms with Gasteiger partial charge < -0.3 is 23.7 Å². The lowest BCUT2D eigenvalue weighted by Gasteiger charge is -2.39. The first-order valence-electron chi connectivity index (χ1n) is 13.0. The molecule has 0 fully saturated rings. The number of fused-ring (bicyclic) bond motifs is 1. The summed E-state index contributed by atoms with van der Waals surface area (Å²) in [5, 5.41) is 0. The summed E-state index contributed by atoms with van der Waals surface area (Å²) < 4.78 is 48.5. The average molecular weight is 589 g/mol. The van der Waals surface area contributed by atoms with Crippen LogP contribution in [0.25, 0.3) is 5.57 Å². The molecular formula is C25H44N2O8SSi2. The molecule has 0 saturated heterocycles. The number of aromatic nitrogens is 1. The van der Waals surface area contributed by atoms with E-state index in [1.165, 1.54) is 0 Å². The summed E-state index contributed by atoms with van der Waals surface area (Å²) in [6, 6.07) is 1.65. The van der Waals surface area contributed by atoms with Crippen LogP contribution in [0.5, 0.6) is 0 Å². The first-order chi connectivity index (χ1) is 17.5. The summed E-state index contributed by atoms with van der Waals surface area (Å²) in [4.78, 5) is 29.3. The third-order valence-corrected chi connectivity index (χ3v) is 10.3. The first-order valence-corrected chi connectivity index (χ1v) is 21.9. The number of ether oxygens (including phenoxy) is 3. The lowest BCUT2D eigenvalue weighted by atomic mass is 10.1. The van der Waals surface area contributed by atoms with E-state index in [9.17, 15) is 18.0 Å². The molecule has 0 N–H and O–H groups in total. The van der Waals surface area contributed by atoms with E-state index in [0.717, 1.165) is 6.26 Å².